The minimum absolute atomic E-state index is 0.294. The molecule has 0 spiro atoms. The second-order valence-corrected chi connectivity index (χ2v) is 4.64. The molecule has 1 heterocycles. The van der Waals surface area contributed by atoms with Gasteiger partial charge in [0.1, 0.15) is 11.6 Å². The summed E-state index contributed by atoms with van der Waals surface area (Å²) in [5.74, 6) is 0.842. The van der Waals surface area contributed by atoms with Gasteiger partial charge in [-0.1, -0.05) is 18.2 Å². The second-order valence-electron chi connectivity index (χ2n) is 4.64. The molecule has 1 aliphatic rings. The van der Waals surface area contributed by atoms with Crippen molar-refractivity contribution in [2.45, 2.75) is 0 Å². The van der Waals surface area contributed by atoms with Crippen LogP contribution in [0.15, 0.2) is 52.4 Å². The van der Waals surface area contributed by atoms with E-state index in [9.17, 15) is 4.39 Å². The molecule has 106 valence electrons. The molecule has 21 heavy (non-hydrogen) atoms. The highest BCUT2D eigenvalue weighted by atomic mass is 19.1. The van der Waals surface area contributed by atoms with Crippen molar-refractivity contribution >= 4 is 17.2 Å². The summed E-state index contributed by atoms with van der Waals surface area (Å²) in [7, 11) is 1.56. The minimum atomic E-state index is -0.294. The van der Waals surface area contributed by atoms with Crippen molar-refractivity contribution in [3.8, 4) is 5.75 Å². The number of benzene rings is 2. The average molecular weight is 283 g/mol. The third-order valence-corrected chi connectivity index (χ3v) is 3.27. The van der Waals surface area contributed by atoms with E-state index in [1.807, 2.05) is 0 Å². The van der Waals surface area contributed by atoms with Crippen LogP contribution in [0, 0.1) is 5.82 Å². The standard InChI is InChI=1S/C16H14FN3O/c1-21-15-8-10(18)6-7-12(15)16-19-9-14(20-16)11-4-2-3-5-13(11)17/h2-8H,9,18H2,1H3. The first-order chi connectivity index (χ1) is 10.2. The molecule has 0 bridgehead atoms. The molecule has 0 atom stereocenters. The monoisotopic (exact) mass is 283 g/mol. The zero-order valence-electron chi connectivity index (χ0n) is 11.5. The number of aliphatic imine (C=N–C) groups is 2. The maximum Gasteiger partial charge on any atom is 0.159 e. The molecular weight excluding hydrogens is 269 g/mol. The van der Waals surface area contributed by atoms with Crippen molar-refractivity contribution in [1.82, 2.24) is 0 Å². The third-order valence-electron chi connectivity index (χ3n) is 3.27. The predicted octanol–water partition coefficient (Wildman–Crippen LogP) is 2.67. The lowest BCUT2D eigenvalue weighted by Gasteiger charge is -2.07. The van der Waals surface area contributed by atoms with Gasteiger partial charge in [0.25, 0.3) is 0 Å². The fraction of sp³-hybridized carbons (Fsp3) is 0.125. The number of anilines is 1. The Balaban J connectivity index is 1.98. The number of nitrogens with zero attached hydrogens (tertiary/aromatic N) is 2. The molecular formula is C16H14FN3O. The third kappa shape index (κ3) is 2.50. The van der Waals surface area contributed by atoms with E-state index in [4.69, 9.17) is 10.5 Å². The minimum Gasteiger partial charge on any atom is -0.496 e. The molecule has 0 saturated carbocycles. The lowest BCUT2D eigenvalue weighted by molar-refractivity contribution is 0.414. The van der Waals surface area contributed by atoms with Crippen LogP contribution < -0.4 is 10.5 Å². The number of amidine groups is 1. The first kappa shape index (κ1) is 13.3. The summed E-state index contributed by atoms with van der Waals surface area (Å²) in [6.45, 7) is 0.351. The molecule has 0 radical (unpaired) electrons. The van der Waals surface area contributed by atoms with Crippen molar-refractivity contribution < 1.29 is 9.13 Å². The molecule has 1 aliphatic heterocycles. The molecule has 0 saturated heterocycles. The van der Waals surface area contributed by atoms with E-state index < -0.39 is 0 Å². The highest BCUT2D eigenvalue weighted by Gasteiger charge is 2.18. The van der Waals surface area contributed by atoms with Crippen molar-refractivity contribution in [3.63, 3.8) is 0 Å². The SMILES string of the molecule is COc1cc(N)ccc1C1=NCC(c2ccccc2F)=N1. The Morgan fingerprint density at radius 3 is 2.71 bits per heavy atom. The van der Waals surface area contributed by atoms with Crippen molar-refractivity contribution in [3.05, 3.63) is 59.4 Å². The van der Waals surface area contributed by atoms with Gasteiger partial charge in [-0.3, -0.25) is 4.99 Å². The number of hydrogen-bond donors (Lipinski definition) is 1. The Morgan fingerprint density at radius 1 is 1.14 bits per heavy atom. The van der Waals surface area contributed by atoms with Gasteiger partial charge in [-0.25, -0.2) is 9.38 Å². The Hall–Kier alpha value is -2.69. The summed E-state index contributed by atoms with van der Waals surface area (Å²) in [5, 5.41) is 0. The van der Waals surface area contributed by atoms with E-state index in [0.29, 0.717) is 35.1 Å². The van der Waals surface area contributed by atoms with E-state index in [-0.39, 0.29) is 5.82 Å². The number of methoxy groups -OCH3 is 1. The first-order valence-corrected chi connectivity index (χ1v) is 6.50. The molecule has 0 fully saturated rings. The predicted molar refractivity (Wildman–Crippen MR) is 81.7 cm³/mol. The van der Waals surface area contributed by atoms with Gasteiger partial charge in [0.15, 0.2) is 5.84 Å². The number of halogens is 1. The lowest BCUT2D eigenvalue weighted by Crippen LogP contribution is -2.05. The molecule has 0 unspecified atom stereocenters. The Kier molecular flexibility index (Phi) is 3.39. The van der Waals surface area contributed by atoms with Gasteiger partial charge in [0, 0.05) is 17.3 Å². The fourth-order valence-electron chi connectivity index (χ4n) is 2.23. The second kappa shape index (κ2) is 5.36. The van der Waals surface area contributed by atoms with Crippen LogP contribution in [0.5, 0.6) is 5.75 Å². The van der Waals surface area contributed by atoms with Gasteiger partial charge in [0.2, 0.25) is 0 Å². The molecule has 2 N–H and O–H groups in total. The number of rotatable bonds is 3. The zero-order valence-corrected chi connectivity index (χ0v) is 11.5. The van der Waals surface area contributed by atoms with Crippen LogP contribution in [-0.4, -0.2) is 25.2 Å². The van der Waals surface area contributed by atoms with Gasteiger partial charge in [-0.05, 0) is 18.2 Å². The van der Waals surface area contributed by atoms with Crippen LogP contribution >= 0.6 is 0 Å². The summed E-state index contributed by atoms with van der Waals surface area (Å²) in [6, 6.07) is 11.8. The van der Waals surface area contributed by atoms with Gasteiger partial charge < -0.3 is 10.5 Å². The normalized spacial score (nSPS) is 13.8. The van der Waals surface area contributed by atoms with Crippen LogP contribution in [0.2, 0.25) is 0 Å². The van der Waals surface area contributed by atoms with E-state index in [1.54, 1.807) is 43.5 Å². The number of hydrogen-bond acceptors (Lipinski definition) is 4. The van der Waals surface area contributed by atoms with Crippen LogP contribution in [-0.2, 0) is 0 Å². The van der Waals surface area contributed by atoms with Gasteiger partial charge >= 0.3 is 0 Å². The van der Waals surface area contributed by atoms with Crippen molar-refractivity contribution in [2.24, 2.45) is 9.98 Å². The van der Waals surface area contributed by atoms with Crippen LogP contribution in [0.3, 0.4) is 0 Å². The van der Waals surface area contributed by atoms with E-state index in [2.05, 4.69) is 9.98 Å². The van der Waals surface area contributed by atoms with Crippen LogP contribution in [0.25, 0.3) is 0 Å². The Bertz CT molecular complexity index is 753. The number of nitrogens with two attached hydrogens (primary N) is 1. The molecule has 2 aromatic carbocycles. The number of nitrogen functional groups attached to an aromatic ring is 1. The molecule has 2 aromatic rings. The fourth-order valence-corrected chi connectivity index (χ4v) is 2.23. The molecule has 4 nitrogen and oxygen atoms in total. The summed E-state index contributed by atoms with van der Waals surface area (Å²) in [6.07, 6.45) is 0. The van der Waals surface area contributed by atoms with Crippen molar-refractivity contribution in [1.29, 1.82) is 0 Å². The summed E-state index contributed by atoms with van der Waals surface area (Å²) >= 11 is 0. The summed E-state index contributed by atoms with van der Waals surface area (Å²) < 4.78 is 19.1. The van der Waals surface area contributed by atoms with Gasteiger partial charge in [0.05, 0.1) is 24.9 Å². The summed E-state index contributed by atoms with van der Waals surface area (Å²) in [4.78, 5) is 8.80. The zero-order chi connectivity index (χ0) is 14.8. The van der Waals surface area contributed by atoms with E-state index >= 15 is 0 Å². The smallest absolute Gasteiger partial charge is 0.159 e. The number of ether oxygens (including phenoxy) is 1. The molecule has 0 amide bonds. The van der Waals surface area contributed by atoms with E-state index in [0.717, 1.165) is 5.56 Å². The average Bonchev–Trinajstić information content (AvgIpc) is 2.97. The quantitative estimate of drug-likeness (QED) is 0.880. The van der Waals surface area contributed by atoms with E-state index in [1.165, 1.54) is 6.07 Å². The highest BCUT2D eigenvalue weighted by Crippen LogP contribution is 2.25. The Labute approximate surface area is 121 Å². The van der Waals surface area contributed by atoms with Gasteiger partial charge in [-0.15, -0.1) is 0 Å². The highest BCUT2D eigenvalue weighted by molar-refractivity contribution is 6.18. The lowest BCUT2D eigenvalue weighted by atomic mass is 10.1. The van der Waals surface area contributed by atoms with Crippen LogP contribution in [0.4, 0.5) is 10.1 Å². The largest absolute Gasteiger partial charge is 0.496 e. The first-order valence-electron chi connectivity index (χ1n) is 6.50. The molecule has 0 aliphatic carbocycles. The topological polar surface area (TPSA) is 60.0 Å². The summed E-state index contributed by atoms with van der Waals surface area (Å²) in [5.41, 5.74) is 8.18. The van der Waals surface area contributed by atoms with Gasteiger partial charge in [-0.2, -0.15) is 0 Å². The maximum absolute atomic E-state index is 13.8. The molecule has 5 heteroatoms. The molecule has 0 aromatic heterocycles. The Morgan fingerprint density at radius 2 is 1.95 bits per heavy atom. The maximum atomic E-state index is 13.8. The van der Waals surface area contributed by atoms with Crippen molar-refractivity contribution in [2.75, 3.05) is 19.4 Å². The molecule has 3 rings (SSSR count). The van der Waals surface area contributed by atoms with Crippen LogP contribution in [0.1, 0.15) is 11.1 Å².